The molecule has 5 heteroatoms. The Morgan fingerprint density at radius 1 is 1.24 bits per heavy atom. The summed E-state index contributed by atoms with van der Waals surface area (Å²) in [6.45, 7) is 3.86. The van der Waals surface area contributed by atoms with E-state index in [1.165, 1.54) is 0 Å². The summed E-state index contributed by atoms with van der Waals surface area (Å²) in [4.78, 5) is 11.9. The first-order valence-electron chi connectivity index (χ1n) is 5.37. The van der Waals surface area contributed by atoms with Gasteiger partial charge in [-0.2, -0.15) is 0 Å². The van der Waals surface area contributed by atoms with Gasteiger partial charge in [-0.25, -0.2) is 4.63 Å². The Bertz CT molecular complexity index is 505. The molecule has 2 rings (SSSR count). The largest absolute Gasteiger partial charge is 0.320 e. The van der Waals surface area contributed by atoms with Crippen molar-refractivity contribution >= 4 is 11.6 Å². The smallest absolute Gasteiger partial charge is 0.279 e. The number of rotatable bonds is 3. The fraction of sp³-hybridized carbons (Fsp3) is 0.250. The van der Waals surface area contributed by atoms with Crippen molar-refractivity contribution in [2.24, 2.45) is 0 Å². The van der Waals surface area contributed by atoms with Gasteiger partial charge < -0.3 is 5.32 Å². The molecule has 1 amide bonds. The Labute approximate surface area is 98.8 Å². The molecule has 0 aliphatic heterocycles. The maximum Gasteiger partial charge on any atom is 0.279 e. The van der Waals surface area contributed by atoms with Crippen molar-refractivity contribution in [2.45, 2.75) is 19.8 Å². The van der Waals surface area contributed by atoms with Crippen molar-refractivity contribution in [2.75, 3.05) is 5.32 Å². The Kier molecular flexibility index (Phi) is 3.18. The van der Waals surface area contributed by atoms with Gasteiger partial charge in [-0.3, -0.25) is 4.79 Å². The average Bonchev–Trinajstić information content (AvgIpc) is 2.79. The van der Waals surface area contributed by atoms with Gasteiger partial charge in [0.1, 0.15) is 5.69 Å². The highest BCUT2D eigenvalue weighted by molar-refractivity contribution is 6.03. The number of hydrogen-bond acceptors (Lipinski definition) is 4. The zero-order valence-electron chi connectivity index (χ0n) is 9.68. The lowest BCUT2D eigenvalue weighted by molar-refractivity contribution is 0.101. The summed E-state index contributed by atoms with van der Waals surface area (Å²) in [5, 5.41) is 10.1. The van der Waals surface area contributed by atoms with Gasteiger partial charge in [-0.15, -0.1) is 0 Å². The minimum Gasteiger partial charge on any atom is -0.320 e. The van der Waals surface area contributed by atoms with Gasteiger partial charge in [0.25, 0.3) is 5.91 Å². The Hall–Kier alpha value is -2.17. The fourth-order valence-electron chi connectivity index (χ4n) is 1.44. The minimum atomic E-state index is -0.304. The Morgan fingerprint density at radius 3 is 2.59 bits per heavy atom. The number of carbonyl (C=O) groups excluding carboxylic acids is 1. The summed E-state index contributed by atoms with van der Waals surface area (Å²) in [5.41, 5.74) is 1.53. The first kappa shape index (κ1) is 11.3. The maximum atomic E-state index is 11.9. The van der Waals surface area contributed by atoms with E-state index in [0.717, 1.165) is 5.69 Å². The van der Waals surface area contributed by atoms with Gasteiger partial charge in [0.05, 0.1) is 0 Å². The summed E-state index contributed by atoms with van der Waals surface area (Å²) in [7, 11) is 0. The highest BCUT2D eigenvalue weighted by Crippen LogP contribution is 2.16. The number of amides is 1. The highest BCUT2D eigenvalue weighted by atomic mass is 16.6. The van der Waals surface area contributed by atoms with Crippen molar-refractivity contribution in [3.8, 4) is 0 Å². The molecule has 0 saturated heterocycles. The second kappa shape index (κ2) is 4.78. The molecule has 0 saturated carbocycles. The van der Waals surface area contributed by atoms with Crippen LogP contribution < -0.4 is 5.32 Å². The van der Waals surface area contributed by atoms with Crippen LogP contribution in [0.2, 0.25) is 0 Å². The number of anilines is 1. The number of aromatic nitrogens is 2. The van der Waals surface area contributed by atoms with E-state index >= 15 is 0 Å². The normalized spacial score (nSPS) is 10.5. The quantitative estimate of drug-likeness (QED) is 0.880. The number of nitrogens with zero attached hydrogens (tertiary/aromatic N) is 2. The van der Waals surface area contributed by atoms with Gasteiger partial charge in [0, 0.05) is 11.6 Å². The van der Waals surface area contributed by atoms with Gasteiger partial charge in [0.15, 0.2) is 5.69 Å². The molecule has 2 aromatic rings. The van der Waals surface area contributed by atoms with E-state index in [2.05, 4.69) is 20.3 Å². The fourth-order valence-corrected chi connectivity index (χ4v) is 1.44. The van der Waals surface area contributed by atoms with E-state index in [0.29, 0.717) is 5.69 Å². The third-order valence-electron chi connectivity index (χ3n) is 2.31. The van der Waals surface area contributed by atoms with E-state index in [4.69, 9.17) is 0 Å². The molecule has 0 atom stereocenters. The minimum absolute atomic E-state index is 0.0952. The van der Waals surface area contributed by atoms with E-state index < -0.39 is 0 Å². The van der Waals surface area contributed by atoms with Crippen LogP contribution in [0.25, 0.3) is 0 Å². The summed E-state index contributed by atoms with van der Waals surface area (Å²) >= 11 is 0. The molecule has 17 heavy (non-hydrogen) atoms. The molecule has 1 heterocycles. The van der Waals surface area contributed by atoms with Crippen molar-refractivity contribution < 1.29 is 9.42 Å². The lowest BCUT2D eigenvalue weighted by atomic mass is 10.1. The van der Waals surface area contributed by atoms with Crippen LogP contribution in [-0.4, -0.2) is 16.2 Å². The van der Waals surface area contributed by atoms with Crippen LogP contribution in [0, 0.1) is 0 Å². The van der Waals surface area contributed by atoms with E-state index in [1.54, 1.807) is 12.1 Å². The molecule has 0 aliphatic carbocycles. The predicted octanol–water partition coefficient (Wildman–Crippen LogP) is 2.45. The zero-order valence-corrected chi connectivity index (χ0v) is 9.68. The number of hydrogen-bond donors (Lipinski definition) is 1. The highest BCUT2D eigenvalue weighted by Gasteiger charge is 2.20. The SMILES string of the molecule is CC(C)c1nonc1C(=O)Nc1ccccc1. The topological polar surface area (TPSA) is 68.0 Å². The van der Waals surface area contributed by atoms with Crippen molar-refractivity contribution in [3.05, 3.63) is 41.7 Å². The standard InChI is InChI=1S/C12H13N3O2/c1-8(2)10-11(15-17-14-10)12(16)13-9-6-4-3-5-7-9/h3-8H,1-2H3,(H,13,16). The number of carbonyl (C=O) groups is 1. The Balaban J connectivity index is 2.18. The summed E-state index contributed by atoms with van der Waals surface area (Å²) in [6, 6.07) is 9.19. The molecule has 0 radical (unpaired) electrons. The number of para-hydroxylation sites is 1. The second-order valence-corrected chi connectivity index (χ2v) is 3.97. The molecule has 0 spiro atoms. The van der Waals surface area contributed by atoms with Crippen molar-refractivity contribution in [1.29, 1.82) is 0 Å². The molecule has 0 bridgehead atoms. The molecule has 0 fully saturated rings. The summed E-state index contributed by atoms with van der Waals surface area (Å²) < 4.78 is 4.60. The molecule has 0 aliphatic rings. The van der Waals surface area contributed by atoms with Gasteiger partial charge >= 0.3 is 0 Å². The maximum absolute atomic E-state index is 11.9. The number of nitrogens with one attached hydrogen (secondary N) is 1. The summed E-state index contributed by atoms with van der Waals surface area (Å²) in [5.74, 6) is -0.209. The van der Waals surface area contributed by atoms with Crippen LogP contribution in [0.4, 0.5) is 5.69 Å². The van der Waals surface area contributed by atoms with E-state index in [-0.39, 0.29) is 17.5 Å². The van der Waals surface area contributed by atoms with Gasteiger partial charge in [-0.05, 0) is 17.3 Å². The number of benzene rings is 1. The predicted molar refractivity (Wildman–Crippen MR) is 62.8 cm³/mol. The first-order valence-corrected chi connectivity index (χ1v) is 5.37. The molecule has 1 aromatic heterocycles. The van der Waals surface area contributed by atoms with Crippen LogP contribution in [-0.2, 0) is 0 Å². The Morgan fingerprint density at radius 2 is 1.94 bits per heavy atom. The van der Waals surface area contributed by atoms with E-state index in [1.807, 2.05) is 32.0 Å². The molecule has 0 unspecified atom stereocenters. The summed E-state index contributed by atoms with van der Waals surface area (Å²) in [6.07, 6.45) is 0. The van der Waals surface area contributed by atoms with Crippen molar-refractivity contribution in [1.82, 2.24) is 10.3 Å². The zero-order chi connectivity index (χ0) is 12.3. The molecular weight excluding hydrogens is 218 g/mol. The lowest BCUT2D eigenvalue weighted by Crippen LogP contribution is -2.14. The third kappa shape index (κ3) is 2.50. The first-order chi connectivity index (χ1) is 8.18. The lowest BCUT2D eigenvalue weighted by Gasteiger charge is -2.04. The molecule has 5 nitrogen and oxygen atoms in total. The van der Waals surface area contributed by atoms with Crippen LogP contribution in [0.1, 0.15) is 35.9 Å². The van der Waals surface area contributed by atoms with Crippen LogP contribution in [0.3, 0.4) is 0 Å². The molecular formula is C12H13N3O2. The second-order valence-electron chi connectivity index (χ2n) is 3.97. The molecule has 1 aromatic carbocycles. The molecule has 88 valence electrons. The van der Waals surface area contributed by atoms with Gasteiger partial charge in [-0.1, -0.05) is 37.2 Å². The van der Waals surface area contributed by atoms with E-state index in [9.17, 15) is 4.79 Å². The molecule has 1 N–H and O–H groups in total. The monoisotopic (exact) mass is 231 g/mol. The van der Waals surface area contributed by atoms with Crippen LogP contribution in [0.15, 0.2) is 35.0 Å². The van der Waals surface area contributed by atoms with Crippen LogP contribution in [0.5, 0.6) is 0 Å². The van der Waals surface area contributed by atoms with Gasteiger partial charge in [0.2, 0.25) is 0 Å². The third-order valence-corrected chi connectivity index (χ3v) is 2.31. The average molecular weight is 231 g/mol. The van der Waals surface area contributed by atoms with Crippen LogP contribution >= 0.6 is 0 Å². The van der Waals surface area contributed by atoms with Crippen molar-refractivity contribution in [3.63, 3.8) is 0 Å².